The first kappa shape index (κ1) is 27.9. The number of benzene rings is 2. The molecule has 2 aromatic carbocycles. The Labute approximate surface area is 212 Å². The number of hydrogen-bond acceptors (Lipinski definition) is 5. The average molecular weight is 538 g/mol. The maximum atomic E-state index is 13.5. The van der Waals surface area contributed by atoms with E-state index in [1.54, 1.807) is 45.9 Å². The van der Waals surface area contributed by atoms with Crippen LogP contribution in [0.1, 0.15) is 41.9 Å². The van der Waals surface area contributed by atoms with Gasteiger partial charge in [-0.05, 0) is 80.8 Å². The van der Waals surface area contributed by atoms with Gasteiger partial charge in [0.2, 0.25) is 5.09 Å². The third-order valence-electron chi connectivity index (χ3n) is 5.39. The van der Waals surface area contributed by atoms with Gasteiger partial charge >= 0.3 is 12.1 Å². The van der Waals surface area contributed by atoms with Crippen LogP contribution in [0.2, 0.25) is 0 Å². The number of aryl methyl sites for hydroxylation is 2. The zero-order valence-electron chi connectivity index (χ0n) is 20.5. The number of anilines is 1. The first-order valence-corrected chi connectivity index (χ1v) is 12.6. The van der Waals surface area contributed by atoms with Crippen LogP contribution in [0, 0.1) is 13.8 Å². The SMILES string of the molecule is Cc1ccc(S(=O)(=O)N(c2ccc(C(F)(F)F)cc2OCc2ccc(C=CC(=O)O)cc2C)C(C)C)o1. The summed E-state index contributed by atoms with van der Waals surface area (Å²) >= 11 is 0. The lowest BCUT2D eigenvalue weighted by atomic mass is 10.1. The number of halogens is 3. The van der Waals surface area contributed by atoms with E-state index < -0.39 is 33.8 Å². The number of sulfonamides is 1. The van der Waals surface area contributed by atoms with Crippen LogP contribution in [0.3, 0.4) is 0 Å². The highest BCUT2D eigenvalue weighted by atomic mass is 32.2. The highest BCUT2D eigenvalue weighted by molar-refractivity contribution is 7.92. The zero-order chi connectivity index (χ0) is 27.5. The first-order chi connectivity index (χ1) is 17.2. The van der Waals surface area contributed by atoms with E-state index in [9.17, 15) is 26.4 Å². The van der Waals surface area contributed by atoms with Crippen molar-refractivity contribution in [1.29, 1.82) is 0 Å². The van der Waals surface area contributed by atoms with Gasteiger partial charge in [0, 0.05) is 12.1 Å². The van der Waals surface area contributed by atoms with Crippen molar-refractivity contribution < 1.29 is 40.6 Å². The minimum absolute atomic E-state index is 0.0734. The molecule has 0 aliphatic carbocycles. The molecular formula is C26H26F3NO6S. The van der Waals surface area contributed by atoms with Gasteiger partial charge in [-0.25, -0.2) is 4.79 Å². The Morgan fingerprint density at radius 2 is 1.81 bits per heavy atom. The van der Waals surface area contributed by atoms with Crippen molar-refractivity contribution in [3.63, 3.8) is 0 Å². The van der Waals surface area contributed by atoms with Crippen LogP contribution in [0.25, 0.3) is 6.08 Å². The monoisotopic (exact) mass is 537 g/mol. The Kier molecular flexibility index (Phi) is 8.06. The summed E-state index contributed by atoms with van der Waals surface area (Å²) < 4.78 is 79.4. The second kappa shape index (κ2) is 10.7. The number of furan rings is 1. The summed E-state index contributed by atoms with van der Waals surface area (Å²) in [5, 5.41) is 8.45. The maximum absolute atomic E-state index is 13.5. The molecule has 11 heteroatoms. The van der Waals surface area contributed by atoms with Crippen molar-refractivity contribution in [2.75, 3.05) is 4.31 Å². The van der Waals surface area contributed by atoms with Gasteiger partial charge in [0.25, 0.3) is 10.0 Å². The molecule has 1 N–H and O–H groups in total. The van der Waals surface area contributed by atoms with E-state index in [0.29, 0.717) is 22.5 Å². The van der Waals surface area contributed by atoms with Crippen molar-refractivity contribution >= 4 is 27.8 Å². The van der Waals surface area contributed by atoms with E-state index in [2.05, 4.69) is 0 Å². The Balaban J connectivity index is 2.03. The van der Waals surface area contributed by atoms with Crippen LogP contribution in [0.5, 0.6) is 5.75 Å². The van der Waals surface area contributed by atoms with Gasteiger partial charge < -0.3 is 14.3 Å². The number of aliphatic carboxylic acids is 1. The minimum Gasteiger partial charge on any atom is -0.487 e. The van der Waals surface area contributed by atoms with Crippen LogP contribution >= 0.6 is 0 Å². The quantitative estimate of drug-likeness (QED) is 0.327. The lowest BCUT2D eigenvalue weighted by Gasteiger charge is -2.29. The molecule has 7 nitrogen and oxygen atoms in total. The molecule has 0 unspecified atom stereocenters. The van der Waals surface area contributed by atoms with E-state index >= 15 is 0 Å². The topological polar surface area (TPSA) is 97.0 Å². The minimum atomic E-state index is -4.68. The Bertz CT molecular complexity index is 1420. The second-order valence-corrected chi connectivity index (χ2v) is 10.3. The van der Waals surface area contributed by atoms with Crippen LogP contribution in [0.4, 0.5) is 18.9 Å². The van der Waals surface area contributed by atoms with Crippen molar-refractivity contribution in [1.82, 2.24) is 0 Å². The van der Waals surface area contributed by atoms with Crippen molar-refractivity contribution in [2.24, 2.45) is 0 Å². The number of carboxylic acids is 1. The average Bonchev–Trinajstić information content (AvgIpc) is 3.24. The van der Waals surface area contributed by atoms with Gasteiger partial charge in [-0.15, -0.1) is 0 Å². The summed E-state index contributed by atoms with van der Waals surface area (Å²) in [7, 11) is -4.26. The summed E-state index contributed by atoms with van der Waals surface area (Å²) in [6.45, 7) is 6.34. The summed E-state index contributed by atoms with van der Waals surface area (Å²) in [5.41, 5.74) is 0.883. The Morgan fingerprint density at radius 1 is 1.11 bits per heavy atom. The summed E-state index contributed by atoms with van der Waals surface area (Å²) in [5.74, 6) is -1.01. The van der Waals surface area contributed by atoms with E-state index in [0.717, 1.165) is 28.6 Å². The number of hydrogen-bond donors (Lipinski definition) is 1. The molecule has 37 heavy (non-hydrogen) atoms. The molecule has 3 aromatic rings. The molecule has 0 aliphatic heterocycles. The highest BCUT2D eigenvalue weighted by Crippen LogP contribution is 2.40. The molecule has 0 atom stereocenters. The molecule has 3 rings (SSSR count). The van der Waals surface area contributed by atoms with Gasteiger partial charge in [0.1, 0.15) is 18.1 Å². The highest BCUT2D eigenvalue weighted by Gasteiger charge is 2.35. The number of carbonyl (C=O) groups is 1. The molecule has 1 aromatic heterocycles. The normalized spacial score (nSPS) is 12.3. The fourth-order valence-electron chi connectivity index (χ4n) is 3.63. The predicted molar refractivity (Wildman–Crippen MR) is 132 cm³/mol. The van der Waals surface area contributed by atoms with Crippen molar-refractivity contribution in [2.45, 2.75) is 51.6 Å². The van der Waals surface area contributed by atoms with Crippen LogP contribution in [-0.2, 0) is 27.6 Å². The molecule has 0 bridgehead atoms. The number of nitrogens with zero attached hydrogens (tertiary/aromatic N) is 1. The third kappa shape index (κ3) is 6.53. The van der Waals surface area contributed by atoms with E-state index in [-0.39, 0.29) is 23.1 Å². The van der Waals surface area contributed by atoms with E-state index in [1.165, 1.54) is 18.2 Å². The molecule has 1 heterocycles. The fourth-order valence-corrected chi connectivity index (χ4v) is 5.26. The Morgan fingerprint density at radius 3 is 2.35 bits per heavy atom. The maximum Gasteiger partial charge on any atom is 0.416 e. The number of ether oxygens (including phenoxy) is 1. The molecule has 0 spiro atoms. The first-order valence-electron chi connectivity index (χ1n) is 11.2. The second-order valence-electron chi connectivity index (χ2n) is 8.59. The molecule has 0 saturated carbocycles. The Hall–Kier alpha value is -3.73. The third-order valence-corrected chi connectivity index (χ3v) is 7.25. The summed E-state index contributed by atoms with van der Waals surface area (Å²) in [6, 6.07) is 9.73. The van der Waals surface area contributed by atoms with E-state index in [1.807, 2.05) is 0 Å². The van der Waals surface area contributed by atoms with E-state index in [4.69, 9.17) is 14.3 Å². The van der Waals surface area contributed by atoms with Crippen LogP contribution < -0.4 is 9.04 Å². The van der Waals surface area contributed by atoms with Crippen LogP contribution in [0.15, 0.2) is 64.1 Å². The molecule has 0 radical (unpaired) electrons. The molecule has 0 aliphatic rings. The van der Waals surface area contributed by atoms with Gasteiger partial charge in [0.05, 0.1) is 11.3 Å². The van der Waals surface area contributed by atoms with Crippen LogP contribution in [-0.4, -0.2) is 25.5 Å². The lowest BCUT2D eigenvalue weighted by molar-refractivity contribution is -0.137. The number of alkyl halides is 3. The summed E-state index contributed by atoms with van der Waals surface area (Å²) in [6.07, 6.45) is -2.28. The van der Waals surface area contributed by atoms with Crippen molar-refractivity contribution in [3.8, 4) is 5.75 Å². The van der Waals surface area contributed by atoms with Gasteiger partial charge in [-0.3, -0.25) is 4.31 Å². The number of rotatable bonds is 9. The fraction of sp³-hybridized carbons (Fsp3) is 0.269. The largest absolute Gasteiger partial charge is 0.487 e. The standard InChI is InChI=1S/C26H26F3NO6S/c1-16(2)30(37(33,34)25-12-5-18(4)36-25)22-10-9-21(26(27,28)29)14-23(22)35-15-20-8-6-19(13-17(20)3)7-11-24(31)32/h5-14,16H,15H2,1-4H3,(H,31,32). The lowest BCUT2D eigenvalue weighted by Crippen LogP contribution is -2.37. The molecular weight excluding hydrogens is 511 g/mol. The molecule has 198 valence electrons. The zero-order valence-corrected chi connectivity index (χ0v) is 21.4. The van der Waals surface area contributed by atoms with Gasteiger partial charge in [-0.2, -0.15) is 21.6 Å². The molecule has 0 amide bonds. The van der Waals surface area contributed by atoms with Gasteiger partial charge in [-0.1, -0.05) is 18.2 Å². The van der Waals surface area contributed by atoms with Gasteiger partial charge in [0.15, 0.2) is 0 Å². The van der Waals surface area contributed by atoms with Crippen molar-refractivity contribution in [3.05, 3.63) is 82.6 Å². The molecule has 0 saturated heterocycles. The summed E-state index contributed by atoms with van der Waals surface area (Å²) in [4.78, 5) is 10.7. The smallest absolute Gasteiger partial charge is 0.416 e. The predicted octanol–water partition coefficient (Wildman–Crippen LogP) is 6.20. The molecule has 0 fully saturated rings. The number of carboxylic acid groups (broad SMARTS) is 1.